The highest BCUT2D eigenvalue weighted by atomic mass is 32.1. The van der Waals surface area contributed by atoms with Crippen molar-refractivity contribution in [3.05, 3.63) is 56.1 Å². The third-order valence-electron chi connectivity index (χ3n) is 5.48. The number of thiophene rings is 1. The third kappa shape index (κ3) is 4.52. The average molecular weight is 497 g/mol. The average Bonchev–Trinajstić information content (AvgIpc) is 3.57. The number of aryl methyl sites for hydroxylation is 2. The van der Waals surface area contributed by atoms with Gasteiger partial charge in [-0.1, -0.05) is 0 Å². The molecule has 174 valence electrons. The lowest BCUT2D eigenvalue weighted by Crippen LogP contribution is -2.36. The molecule has 5 rings (SSSR count). The molecular formula is C21H20N8O3S2. The molecule has 0 fully saturated rings. The van der Waals surface area contributed by atoms with Crippen LogP contribution in [0, 0.1) is 0 Å². The van der Waals surface area contributed by atoms with E-state index in [1.165, 1.54) is 33.4 Å². The van der Waals surface area contributed by atoms with Crippen LogP contribution in [-0.2, 0) is 29.0 Å². The van der Waals surface area contributed by atoms with Gasteiger partial charge in [-0.2, -0.15) is 0 Å². The van der Waals surface area contributed by atoms with Crippen molar-refractivity contribution in [2.24, 2.45) is 0 Å². The Balaban J connectivity index is 1.26. The molecule has 4 N–H and O–H groups in total. The van der Waals surface area contributed by atoms with E-state index in [1.807, 2.05) is 6.07 Å². The van der Waals surface area contributed by atoms with Gasteiger partial charge in [-0.15, -0.1) is 32.9 Å². The molecule has 0 aromatic carbocycles. The van der Waals surface area contributed by atoms with E-state index in [2.05, 4.69) is 30.8 Å². The fourth-order valence-corrected chi connectivity index (χ4v) is 5.41. The first kappa shape index (κ1) is 22.1. The maximum atomic E-state index is 13.1. The summed E-state index contributed by atoms with van der Waals surface area (Å²) in [6, 6.07) is 3.08. The van der Waals surface area contributed by atoms with Gasteiger partial charge in [-0.05, 0) is 18.6 Å². The number of nitrogens with two attached hydrogens (primary N) is 1. The number of carbonyl (C=O) groups excluding carboxylic acids is 2. The lowest BCUT2D eigenvalue weighted by Gasteiger charge is -2.15. The maximum Gasteiger partial charge on any atom is 0.278 e. The third-order valence-corrected chi connectivity index (χ3v) is 7.34. The van der Waals surface area contributed by atoms with Crippen LogP contribution in [0.5, 0.6) is 0 Å². The van der Waals surface area contributed by atoms with E-state index in [4.69, 9.17) is 5.73 Å². The van der Waals surface area contributed by atoms with Crippen LogP contribution in [0.15, 0.2) is 34.8 Å². The Morgan fingerprint density at radius 1 is 1.24 bits per heavy atom. The molecular weight excluding hydrogens is 476 g/mol. The predicted octanol–water partition coefficient (Wildman–Crippen LogP) is 1.66. The Hall–Kier alpha value is -3.71. The first-order valence-electron chi connectivity index (χ1n) is 10.5. The van der Waals surface area contributed by atoms with Gasteiger partial charge >= 0.3 is 0 Å². The zero-order valence-corrected chi connectivity index (χ0v) is 19.5. The number of pyridine rings is 1. The van der Waals surface area contributed by atoms with Crippen LogP contribution < -0.4 is 21.9 Å². The Bertz CT molecular complexity index is 1430. The highest BCUT2D eigenvalue weighted by Crippen LogP contribution is 2.27. The first-order valence-corrected chi connectivity index (χ1v) is 12.2. The van der Waals surface area contributed by atoms with Crippen LogP contribution in [0.1, 0.15) is 34.6 Å². The molecule has 1 aliphatic rings. The van der Waals surface area contributed by atoms with Gasteiger partial charge in [-0.25, -0.2) is 9.97 Å². The van der Waals surface area contributed by atoms with Gasteiger partial charge in [0, 0.05) is 40.4 Å². The summed E-state index contributed by atoms with van der Waals surface area (Å²) in [4.78, 5) is 47.7. The number of aromatic nitrogens is 5. The smallest absolute Gasteiger partial charge is 0.278 e. The molecule has 11 nitrogen and oxygen atoms in total. The molecule has 34 heavy (non-hydrogen) atoms. The molecule has 13 heteroatoms. The fourth-order valence-electron chi connectivity index (χ4n) is 3.86. The summed E-state index contributed by atoms with van der Waals surface area (Å²) in [7, 11) is 0. The van der Waals surface area contributed by atoms with E-state index in [-0.39, 0.29) is 23.9 Å². The van der Waals surface area contributed by atoms with E-state index in [0.29, 0.717) is 37.4 Å². The van der Waals surface area contributed by atoms with Gasteiger partial charge < -0.3 is 16.4 Å². The molecule has 0 spiro atoms. The van der Waals surface area contributed by atoms with Crippen molar-refractivity contribution in [1.82, 2.24) is 30.0 Å². The van der Waals surface area contributed by atoms with Crippen molar-refractivity contribution in [2.75, 3.05) is 11.1 Å². The Morgan fingerprint density at radius 3 is 2.94 bits per heavy atom. The molecule has 2 amide bonds. The fraction of sp³-hybridized carbons (Fsp3) is 0.286. The molecule has 1 aliphatic heterocycles. The molecule has 1 atom stereocenters. The van der Waals surface area contributed by atoms with Gasteiger partial charge in [0.1, 0.15) is 33.9 Å². The summed E-state index contributed by atoms with van der Waals surface area (Å²) >= 11 is 2.89. The van der Waals surface area contributed by atoms with Gasteiger partial charge in [0.2, 0.25) is 11.8 Å². The number of fused-ring (bicyclic) bond motifs is 2. The van der Waals surface area contributed by atoms with Crippen LogP contribution in [-0.4, -0.2) is 36.5 Å². The van der Waals surface area contributed by atoms with Gasteiger partial charge in [0.05, 0.1) is 12.7 Å². The number of carbonyl (C=O) groups is 2. The number of hydrogen-bond donors (Lipinski definition) is 3. The Morgan fingerprint density at radius 2 is 2.12 bits per heavy atom. The zero-order valence-electron chi connectivity index (χ0n) is 17.9. The highest BCUT2D eigenvalue weighted by molar-refractivity contribution is 7.19. The molecule has 5 heterocycles. The second-order valence-electron chi connectivity index (χ2n) is 7.78. The largest absolute Gasteiger partial charge is 0.384 e. The Labute approximate surface area is 201 Å². The number of nitrogen functional groups attached to an aromatic ring is 1. The summed E-state index contributed by atoms with van der Waals surface area (Å²) in [6.07, 6.45) is 4.63. The predicted molar refractivity (Wildman–Crippen MR) is 129 cm³/mol. The summed E-state index contributed by atoms with van der Waals surface area (Å²) in [6.45, 7) is 0.328. The topological polar surface area (TPSA) is 158 Å². The minimum Gasteiger partial charge on any atom is -0.384 e. The molecule has 0 bridgehead atoms. The molecule has 0 saturated carbocycles. The Kier molecular flexibility index (Phi) is 6.02. The van der Waals surface area contributed by atoms with Crippen molar-refractivity contribution in [1.29, 1.82) is 0 Å². The number of nitrogens with one attached hydrogen (secondary N) is 2. The maximum absolute atomic E-state index is 13.1. The quantitative estimate of drug-likeness (QED) is 0.348. The van der Waals surface area contributed by atoms with E-state index in [1.54, 1.807) is 17.8 Å². The van der Waals surface area contributed by atoms with Crippen molar-refractivity contribution in [3.63, 3.8) is 0 Å². The lowest BCUT2D eigenvalue weighted by atomic mass is 10.2. The van der Waals surface area contributed by atoms with E-state index < -0.39 is 11.6 Å². The SMILES string of the molecule is Nc1cc2sc(CNC(=O)[C@@H]3CCc4ncc(NC(=O)CCc5nncs5)c(=O)n43)cc2cn1. The van der Waals surface area contributed by atoms with Crippen LogP contribution >= 0.6 is 22.7 Å². The summed E-state index contributed by atoms with van der Waals surface area (Å²) in [5, 5.41) is 14.9. The minimum absolute atomic E-state index is 0.0558. The van der Waals surface area contributed by atoms with Crippen LogP contribution in [0.4, 0.5) is 11.5 Å². The zero-order chi connectivity index (χ0) is 23.7. The van der Waals surface area contributed by atoms with Gasteiger partial charge in [-0.3, -0.25) is 19.0 Å². The van der Waals surface area contributed by atoms with Crippen molar-refractivity contribution >= 4 is 56.1 Å². The van der Waals surface area contributed by atoms with Crippen molar-refractivity contribution in [2.45, 2.75) is 38.3 Å². The minimum atomic E-state index is -0.681. The highest BCUT2D eigenvalue weighted by Gasteiger charge is 2.31. The number of amides is 2. The molecule has 0 saturated heterocycles. The standard InChI is InChI=1S/C21H20N8O3S2/c22-16-6-15-11(7-23-16)5-12(34-15)8-25-20(31)14-1-2-17-24-9-13(21(32)29(14)17)27-18(30)3-4-19-28-26-10-33-19/h5-7,9-10,14H,1-4,8H2,(H2,22,23)(H,25,31)(H,27,30)/t14-/m0/s1. The molecule has 4 aromatic rings. The van der Waals surface area contributed by atoms with Gasteiger partial charge in [0.25, 0.3) is 5.56 Å². The second-order valence-corrected chi connectivity index (χ2v) is 9.86. The number of rotatable bonds is 7. The second kappa shape index (κ2) is 9.27. The molecule has 0 radical (unpaired) electrons. The van der Waals surface area contributed by atoms with Crippen LogP contribution in [0.25, 0.3) is 10.1 Å². The summed E-state index contributed by atoms with van der Waals surface area (Å²) < 4.78 is 2.38. The van der Waals surface area contributed by atoms with Crippen LogP contribution in [0.2, 0.25) is 0 Å². The monoisotopic (exact) mass is 496 g/mol. The van der Waals surface area contributed by atoms with E-state index in [0.717, 1.165) is 20.0 Å². The van der Waals surface area contributed by atoms with Crippen molar-refractivity contribution < 1.29 is 9.59 Å². The lowest BCUT2D eigenvalue weighted by molar-refractivity contribution is -0.124. The molecule has 0 unspecified atom stereocenters. The number of nitrogens with zero attached hydrogens (tertiary/aromatic N) is 5. The molecule has 0 aliphatic carbocycles. The first-order chi connectivity index (χ1) is 16.5. The van der Waals surface area contributed by atoms with E-state index >= 15 is 0 Å². The number of hydrogen-bond acceptors (Lipinski definition) is 10. The normalized spacial score (nSPS) is 14.8. The summed E-state index contributed by atoms with van der Waals surface area (Å²) in [5.74, 6) is 0.383. The van der Waals surface area contributed by atoms with Crippen molar-refractivity contribution in [3.8, 4) is 0 Å². The summed E-state index contributed by atoms with van der Waals surface area (Å²) in [5.41, 5.74) is 6.96. The van der Waals surface area contributed by atoms with Crippen LogP contribution in [0.3, 0.4) is 0 Å². The van der Waals surface area contributed by atoms with E-state index in [9.17, 15) is 14.4 Å². The molecule has 4 aromatic heterocycles. The van der Waals surface area contributed by atoms with Gasteiger partial charge in [0.15, 0.2) is 0 Å². The number of anilines is 2.